The molecule has 2 aromatic carbocycles. The monoisotopic (exact) mass is 419 g/mol. The van der Waals surface area contributed by atoms with Crippen LogP contribution >= 0.6 is 23.4 Å². The molecule has 2 aromatic rings. The first-order valence-electron chi connectivity index (χ1n) is 10.1. The van der Waals surface area contributed by atoms with E-state index in [0.717, 1.165) is 55.6 Å². The van der Waals surface area contributed by atoms with E-state index in [4.69, 9.17) is 11.6 Å². The molecule has 0 aromatic heterocycles. The summed E-state index contributed by atoms with van der Waals surface area (Å²) < 4.78 is 0. The predicted octanol–water partition coefficient (Wildman–Crippen LogP) is 1.42. The first-order chi connectivity index (χ1) is 13.6. The topological polar surface area (TPSA) is 38.0 Å². The van der Waals surface area contributed by atoms with Crippen LogP contribution in [0.25, 0.3) is 0 Å². The van der Waals surface area contributed by atoms with E-state index in [9.17, 15) is 4.79 Å². The second kappa shape index (κ2) is 10.9. The van der Waals surface area contributed by atoms with Gasteiger partial charge in [0.15, 0.2) is 6.54 Å². The summed E-state index contributed by atoms with van der Waals surface area (Å²) in [7, 11) is 0. The lowest BCUT2D eigenvalue weighted by atomic mass is 10.1. The summed E-state index contributed by atoms with van der Waals surface area (Å²) in [4.78, 5) is 16.7. The smallest absolute Gasteiger partial charge is 0.279 e. The van der Waals surface area contributed by atoms with E-state index in [0.29, 0.717) is 6.54 Å². The second-order valence-corrected chi connectivity index (χ2v) is 8.89. The Labute approximate surface area is 177 Å². The quantitative estimate of drug-likeness (QED) is 0.566. The molecule has 150 valence electrons. The van der Waals surface area contributed by atoms with E-state index in [1.807, 2.05) is 42.1 Å². The summed E-state index contributed by atoms with van der Waals surface area (Å²) in [5.74, 6) is 1.23. The number of aryl methyl sites for hydroxylation is 1. The molecule has 0 unspecified atom stereocenters. The molecule has 28 heavy (non-hydrogen) atoms. The number of carbonyl (C=O) groups is 1. The molecule has 1 aliphatic rings. The van der Waals surface area contributed by atoms with Crippen molar-refractivity contribution in [3.8, 4) is 0 Å². The molecule has 0 saturated carbocycles. The van der Waals surface area contributed by atoms with Gasteiger partial charge in [0.05, 0.1) is 6.54 Å². The van der Waals surface area contributed by atoms with Crippen LogP contribution < -0.4 is 15.1 Å². The molecule has 0 radical (unpaired) electrons. The highest BCUT2D eigenvalue weighted by Crippen LogP contribution is 2.19. The maximum absolute atomic E-state index is 12.4. The van der Waals surface area contributed by atoms with Gasteiger partial charge in [-0.25, -0.2) is 0 Å². The Morgan fingerprint density at radius 2 is 1.71 bits per heavy atom. The van der Waals surface area contributed by atoms with Crippen LogP contribution in [-0.4, -0.2) is 50.9 Å². The molecule has 1 amide bonds. The Bertz CT molecular complexity index is 761. The van der Waals surface area contributed by atoms with E-state index in [2.05, 4.69) is 30.4 Å². The number of carbonyl (C=O) groups excluding carboxylic acids is 1. The lowest BCUT2D eigenvalue weighted by Gasteiger charge is -2.29. The molecule has 0 bridgehead atoms. The van der Waals surface area contributed by atoms with Crippen LogP contribution in [0.5, 0.6) is 0 Å². The van der Waals surface area contributed by atoms with Crippen LogP contribution in [0.4, 0.5) is 5.69 Å². The highest BCUT2D eigenvalue weighted by Gasteiger charge is 2.24. The summed E-state index contributed by atoms with van der Waals surface area (Å²) in [5.41, 5.74) is 2.15. The van der Waals surface area contributed by atoms with Crippen molar-refractivity contribution in [1.29, 1.82) is 0 Å². The lowest BCUT2D eigenvalue weighted by molar-refractivity contribution is -1.01. The second-order valence-electron chi connectivity index (χ2n) is 7.29. The van der Waals surface area contributed by atoms with Gasteiger partial charge in [-0.2, -0.15) is 0 Å². The first-order valence-corrected chi connectivity index (χ1v) is 11.4. The van der Waals surface area contributed by atoms with Gasteiger partial charge in [0.1, 0.15) is 26.2 Å². The van der Waals surface area contributed by atoms with Crippen molar-refractivity contribution in [1.82, 2.24) is 0 Å². The maximum Gasteiger partial charge on any atom is 0.279 e. The number of amides is 1. The maximum atomic E-state index is 12.4. The van der Waals surface area contributed by atoms with Crippen LogP contribution in [0.3, 0.4) is 0 Å². The Kier molecular flexibility index (Phi) is 8.22. The van der Waals surface area contributed by atoms with Crippen molar-refractivity contribution in [3.63, 3.8) is 0 Å². The van der Waals surface area contributed by atoms with Gasteiger partial charge in [0.25, 0.3) is 5.91 Å². The van der Waals surface area contributed by atoms with Crippen molar-refractivity contribution in [2.75, 3.05) is 50.3 Å². The summed E-state index contributed by atoms with van der Waals surface area (Å²) in [6.07, 6.45) is 0.930. The van der Waals surface area contributed by atoms with Gasteiger partial charge >= 0.3 is 0 Å². The third kappa shape index (κ3) is 6.52. The number of halogens is 1. The molecule has 1 fully saturated rings. The molecule has 1 heterocycles. The van der Waals surface area contributed by atoms with E-state index in [1.165, 1.54) is 15.4 Å². The number of benzene rings is 2. The van der Waals surface area contributed by atoms with Gasteiger partial charge < -0.3 is 15.1 Å². The number of para-hydroxylation sites is 1. The number of anilines is 1. The number of nitrogens with one attached hydrogen (secondary N) is 3. The molecule has 1 saturated heterocycles. The van der Waals surface area contributed by atoms with Crippen LogP contribution in [-0.2, 0) is 11.2 Å². The highest BCUT2D eigenvalue weighted by atomic mass is 35.5. The van der Waals surface area contributed by atoms with E-state index < -0.39 is 0 Å². The normalized spacial score (nSPS) is 19.4. The fraction of sp³-hybridized carbons (Fsp3) is 0.409. The van der Waals surface area contributed by atoms with Crippen molar-refractivity contribution >= 4 is 35.0 Å². The Morgan fingerprint density at radius 3 is 2.43 bits per heavy atom. The minimum atomic E-state index is 0.123. The van der Waals surface area contributed by atoms with Crippen LogP contribution in [0, 0.1) is 0 Å². The molecular weight excluding hydrogens is 390 g/mol. The zero-order valence-corrected chi connectivity index (χ0v) is 18.0. The van der Waals surface area contributed by atoms with Crippen LogP contribution in [0.2, 0.25) is 5.02 Å². The predicted molar refractivity (Wildman–Crippen MR) is 118 cm³/mol. The number of rotatable bonds is 8. The van der Waals surface area contributed by atoms with Gasteiger partial charge in [-0.15, -0.1) is 11.8 Å². The zero-order chi connectivity index (χ0) is 19.8. The SMILES string of the molecule is CCc1ccccc1NC(=O)C[NH+]1CC[NH+](CCSc2ccc(Cl)cc2)CC1. The summed E-state index contributed by atoms with van der Waals surface area (Å²) in [5, 5.41) is 3.89. The van der Waals surface area contributed by atoms with Crippen molar-refractivity contribution in [2.45, 2.75) is 18.2 Å². The van der Waals surface area contributed by atoms with Crippen molar-refractivity contribution in [2.24, 2.45) is 0 Å². The van der Waals surface area contributed by atoms with Gasteiger partial charge in [0, 0.05) is 21.4 Å². The first kappa shape index (κ1) is 21.2. The Hall–Kier alpha value is -1.53. The third-order valence-corrected chi connectivity index (χ3v) is 6.55. The molecule has 1 aliphatic heterocycles. The van der Waals surface area contributed by atoms with Gasteiger partial charge in [0.2, 0.25) is 0 Å². The van der Waals surface area contributed by atoms with Gasteiger partial charge in [-0.1, -0.05) is 36.7 Å². The number of piperazine rings is 1. The number of quaternary nitrogens is 2. The summed E-state index contributed by atoms with van der Waals surface area (Å²) >= 11 is 7.82. The molecule has 0 aliphatic carbocycles. The van der Waals surface area contributed by atoms with Crippen LogP contribution in [0.1, 0.15) is 12.5 Å². The number of hydrogen-bond acceptors (Lipinski definition) is 2. The largest absolute Gasteiger partial charge is 0.325 e. The van der Waals surface area contributed by atoms with Crippen molar-refractivity contribution in [3.05, 3.63) is 59.1 Å². The molecule has 0 atom stereocenters. The molecule has 0 spiro atoms. The zero-order valence-electron chi connectivity index (χ0n) is 16.5. The molecule has 3 N–H and O–H groups in total. The van der Waals surface area contributed by atoms with Crippen molar-refractivity contribution < 1.29 is 14.6 Å². The Balaban J connectivity index is 1.35. The minimum Gasteiger partial charge on any atom is -0.325 e. The average molecular weight is 420 g/mol. The van der Waals surface area contributed by atoms with Crippen LogP contribution in [0.15, 0.2) is 53.4 Å². The molecule has 6 heteroatoms. The molecular formula is C22H30ClN3OS+2. The number of thioether (sulfide) groups is 1. The Morgan fingerprint density at radius 1 is 1.04 bits per heavy atom. The standard InChI is InChI=1S/C22H28ClN3OS/c1-2-18-5-3-4-6-21(18)24-22(27)17-26-13-11-25(12-14-26)15-16-28-20-9-7-19(23)8-10-20/h3-10H,2,11-17H2,1H3,(H,24,27)/p+2. The third-order valence-electron chi connectivity index (χ3n) is 5.29. The lowest BCUT2D eigenvalue weighted by Crippen LogP contribution is -3.28. The highest BCUT2D eigenvalue weighted by molar-refractivity contribution is 7.99. The minimum absolute atomic E-state index is 0.123. The number of hydrogen-bond donors (Lipinski definition) is 3. The van der Waals surface area contributed by atoms with E-state index >= 15 is 0 Å². The summed E-state index contributed by atoms with van der Waals surface area (Å²) in [6.45, 7) is 8.23. The fourth-order valence-corrected chi connectivity index (χ4v) is 4.68. The van der Waals surface area contributed by atoms with E-state index in [-0.39, 0.29) is 5.91 Å². The average Bonchev–Trinajstić information content (AvgIpc) is 2.71. The van der Waals surface area contributed by atoms with Gasteiger partial charge in [-0.05, 0) is 42.3 Å². The fourth-order valence-electron chi connectivity index (χ4n) is 3.60. The molecule has 4 nitrogen and oxygen atoms in total. The summed E-state index contributed by atoms with van der Waals surface area (Å²) in [6, 6.07) is 16.1. The van der Waals surface area contributed by atoms with E-state index in [1.54, 1.807) is 4.90 Å². The van der Waals surface area contributed by atoms with Gasteiger partial charge in [-0.3, -0.25) is 4.79 Å². The molecule has 3 rings (SSSR count).